The number of hydrogen-bond donors (Lipinski definition) is 2. The Morgan fingerprint density at radius 1 is 0.732 bits per heavy atom. The minimum absolute atomic E-state index is 0.248. The number of alkyl carbamates (subject to hydrolysis) is 1. The molecule has 5 atom stereocenters. The average molecular weight is 564 g/mol. The third-order valence-electron chi connectivity index (χ3n) is 6.91. The number of unbranched alkanes of at least 4 members (excludes halogenated alkanes) is 2. The number of carbonyl (C=O) groups is 1. The first-order valence-corrected chi connectivity index (χ1v) is 14.3. The number of nitrogens with one attached hydrogen (secondary N) is 1. The standard InChI is InChI=1S/C33H41NO7/c1-25-30(38-22-26-14-6-2-7-15-26)29(35)31(39-23-27-16-8-3-9-17-27)32(41-25)37-21-13-5-12-20-34-33(36)40-24-28-18-10-4-11-19-28/h2-4,6-11,14-19,25,29-32,35H,5,12-13,20-24H2,1H3,(H,34,36)/t25-,29+,30+,31-,32-/m0/s1. The average Bonchev–Trinajstić information content (AvgIpc) is 3.00. The predicted octanol–water partition coefficient (Wildman–Crippen LogP) is 5.38. The normalized spacial score (nSPS) is 22.2. The molecule has 0 saturated carbocycles. The van der Waals surface area contributed by atoms with Crippen molar-refractivity contribution in [2.75, 3.05) is 13.2 Å². The minimum Gasteiger partial charge on any atom is -0.445 e. The molecule has 4 rings (SSSR count). The zero-order valence-corrected chi connectivity index (χ0v) is 23.6. The quantitative estimate of drug-likeness (QED) is 0.240. The largest absolute Gasteiger partial charge is 0.445 e. The minimum atomic E-state index is -0.928. The van der Waals surface area contributed by atoms with Crippen molar-refractivity contribution in [3.8, 4) is 0 Å². The number of ether oxygens (including phenoxy) is 5. The van der Waals surface area contributed by atoms with E-state index in [4.69, 9.17) is 23.7 Å². The summed E-state index contributed by atoms with van der Waals surface area (Å²) in [4.78, 5) is 11.9. The van der Waals surface area contributed by atoms with Crippen LogP contribution >= 0.6 is 0 Å². The Bertz CT molecular complexity index is 1130. The fourth-order valence-electron chi connectivity index (χ4n) is 4.64. The molecule has 1 heterocycles. The fourth-order valence-corrected chi connectivity index (χ4v) is 4.64. The summed E-state index contributed by atoms with van der Waals surface area (Å²) in [5.41, 5.74) is 2.96. The molecule has 8 nitrogen and oxygen atoms in total. The lowest BCUT2D eigenvalue weighted by molar-refractivity contribution is -0.312. The first-order valence-electron chi connectivity index (χ1n) is 14.3. The fraction of sp³-hybridized carbons (Fsp3) is 0.424. The highest BCUT2D eigenvalue weighted by Gasteiger charge is 2.45. The third kappa shape index (κ3) is 10.3. The van der Waals surface area contributed by atoms with Gasteiger partial charge in [0.05, 0.1) is 19.3 Å². The van der Waals surface area contributed by atoms with E-state index in [9.17, 15) is 9.90 Å². The highest BCUT2D eigenvalue weighted by atomic mass is 16.7. The van der Waals surface area contributed by atoms with Gasteiger partial charge in [-0.3, -0.25) is 0 Å². The number of hydrogen-bond acceptors (Lipinski definition) is 7. The van der Waals surface area contributed by atoms with E-state index in [0.717, 1.165) is 36.0 Å². The van der Waals surface area contributed by atoms with Crippen LogP contribution in [0.25, 0.3) is 0 Å². The molecule has 1 aliphatic rings. The Labute approximate surface area is 242 Å². The molecular formula is C33H41NO7. The van der Waals surface area contributed by atoms with Gasteiger partial charge >= 0.3 is 6.09 Å². The van der Waals surface area contributed by atoms with E-state index < -0.39 is 30.7 Å². The third-order valence-corrected chi connectivity index (χ3v) is 6.91. The molecule has 0 aromatic heterocycles. The molecule has 220 valence electrons. The Hall–Kier alpha value is -3.27. The van der Waals surface area contributed by atoms with Gasteiger partial charge in [-0.05, 0) is 42.9 Å². The molecule has 1 aliphatic heterocycles. The van der Waals surface area contributed by atoms with Crippen LogP contribution in [0.15, 0.2) is 91.0 Å². The SMILES string of the molecule is C[C@@H]1O[C@H](OCCCCCNC(=O)OCc2ccccc2)[C@@H](OCc2ccccc2)[C@H](O)[C@@H]1OCc1ccccc1. The van der Waals surface area contributed by atoms with E-state index in [-0.39, 0.29) is 12.7 Å². The number of rotatable bonds is 15. The molecule has 0 bridgehead atoms. The maximum Gasteiger partial charge on any atom is 0.407 e. The van der Waals surface area contributed by atoms with Gasteiger partial charge in [-0.2, -0.15) is 0 Å². The van der Waals surface area contributed by atoms with Crippen LogP contribution < -0.4 is 5.32 Å². The van der Waals surface area contributed by atoms with Crippen molar-refractivity contribution >= 4 is 6.09 Å². The van der Waals surface area contributed by atoms with Crippen LogP contribution in [0.1, 0.15) is 42.9 Å². The number of aliphatic hydroxyl groups excluding tert-OH is 1. The van der Waals surface area contributed by atoms with Crippen LogP contribution in [0.3, 0.4) is 0 Å². The maximum absolute atomic E-state index is 11.9. The van der Waals surface area contributed by atoms with E-state index in [2.05, 4.69) is 5.32 Å². The lowest BCUT2D eigenvalue weighted by Crippen LogP contribution is -2.59. The Balaban J connectivity index is 1.20. The summed E-state index contributed by atoms with van der Waals surface area (Å²) in [5.74, 6) is 0. The van der Waals surface area contributed by atoms with Crippen molar-refractivity contribution in [2.45, 2.75) is 76.7 Å². The summed E-state index contributed by atoms with van der Waals surface area (Å²) < 4.78 is 29.7. The molecule has 3 aromatic rings. The molecule has 0 aliphatic carbocycles. The second kappa shape index (κ2) is 16.9. The Kier molecular flexibility index (Phi) is 12.6. The summed E-state index contributed by atoms with van der Waals surface area (Å²) in [5, 5.41) is 14.1. The van der Waals surface area contributed by atoms with Crippen molar-refractivity contribution in [2.24, 2.45) is 0 Å². The van der Waals surface area contributed by atoms with Gasteiger partial charge in [-0.1, -0.05) is 91.0 Å². The zero-order valence-electron chi connectivity index (χ0n) is 23.6. The monoisotopic (exact) mass is 563 g/mol. The second-order valence-corrected chi connectivity index (χ2v) is 10.1. The zero-order chi connectivity index (χ0) is 28.7. The topological polar surface area (TPSA) is 95.5 Å². The van der Waals surface area contributed by atoms with E-state index in [1.54, 1.807) is 0 Å². The van der Waals surface area contributed by atoms with E-state index in [1.807, 2.05) is 97.9 Å². The van der Waals surface area contributed by atoms with Crippen molar-refractivity contribution in [3.63, 3.8) is 0 Å². The number of aliphatic hydroxyl groups is 1. The molecule has 41 heavy (non-hydrogen) atoms. The van der Waals surface area contributed by atoms with Gasteiger partial charge < -0.3 is 34.1 Å². The summed E-state index contributed by atoms with van der Waals surface area (Å²) in [6.07, 6.45) is -1.34. The Morgan fingerprint density at radius 2 is 1.27 bits per heavy atom. The lowest BCUT2D eigenvalue weighted by atomic mass is 9.99. The van der Waals surface area contributed by atoms with Gasteiger partial charge in [0.25, 0.3) is 0 Å². The molecule has 0 spiro atoms. The Morgan fingerprint density at radius 3 is 1.85 bits per heavy atom. The molecular weight excluding hydrogens is 522 g/mol. The maximum atomic E-state index is 11.9. The van der Waals surface area contributed by atoms with E-state index in [0.29, 0.717) is 26.4 Å². The molecule has 0 radical (unpaired) electrons. The van der Waals surface area contributed by atoms with Crippen LogP contribution in [0.4, 0.5) is 4.79 Å². The summed E-state index contributed by atoms with van der Waals surface area (Å²) in [6, 6.07) is 29.2. The molecule has 3 aromatic carbocycles. The number of benzene rings is 3. The lowest BCUT2D eigenvalue weighted by Gasteiger charge is -2.43. The van der Waals surface area contributed by atoms with Crippen LogP contribution in [0.2, 0.25) is 0 Å². The number of carbonyl (C=O) groups excluding carboxylic acids is 1. The van der Waals surface area contributed by atoms with Gasteiger partial charge in [0.2, 0.25) is 0 Å². The van der Waals surface area contributed by atoms with Gasteiger partial charge in [-0.15, -0.1) is 0 Å². The highest BCUT2D eigenvalue weighted by molar-refractivity contribution is 5.67. The van der Waals surface area contributed by atoms with Gasteiger partial charge in [0.15, 0.2) is 6.29 Å². The van der Waals surface area contributed by atoms with Gasteiger partial charge in [-0.25, -0.2) is 4.79 Å². The van der Waals surface area contributed by atoms with Crippen LogP contribution in [0.5, 0.6) is 0 Å². The summed E-state index contributed by atoms with van der Waals surface area (Å²) in [6.45, 7) is 3.76. The molecule has 1 amide bonds. The van der Waals surface area contributed by atoms with E-state index >= 15 is 0 Å². The molecule has 2 N–H and O–H groups in total. The summed E-state index contributed by atoms with van der Waals surface area (Å²) in [7, 11) is 0. The van der Waals surface area contributed by atoms with Gasteiger partial charge in [0.1, 0.15) is 24.9 Å². The summed E-state index contributed by atoms with van der Waals surface area (Å²) >= 11 is 0. The molecule has 8 heteroatoms. The molecule has 1 fully saturated rings. The highest BCUT2D eigenvalue weighted by Crippen LogP contribution is 2.28. The first-order chi connectivity index (χ1) is 20.1. The van der Waals surface area contributed by atoms with E-state index in [1.165, 1.54) is 0 Å². The second-order valence-electron chi connectivity index (χ2n) is 10.1. The smallest absolute Gasteiger partial charge is 0.407 e. The van der Waals surface area contributed by atoms with Gasteiger partial charge in [0, 0.05) is 13.2 Å². The van der Waals surface area contributed by atoms with Crippen molar-refractivity contribution in [1.82, 2.24) is 5.32 Å². The number of amides is 1. The molecule has 1 saturated heterocycles. The van der Waals surface area contributed by atoms with Crippen LogP contribution in [0, 0.1) is 0 Å². The first kappa shape index (κ1) is 30.7. The van der Waals surface area contributed by atoms with Crippen molar-refractivity contribution in [3.05, 3.63) is 108 Å². The van der Waals surface area contributed by atoms with Crippen LogP contribution in [-0.4, -0.2) is 55.1 Å². The van der Waals surface area contributed by atoms with Crippen LogP contribution in [-0.2, 0) is 43.5 Å². The predicted molar refractivity (Wildman–Crippen MR) is 155 cm³/mol. The molecule has 0 unspecified atom stereocenters. The van der Waals surface area contributed by atoms with Crippen molar-refractivity contribution in [1.29, 1.82) is 0 Å². The van der Waals surface area contributed by atoms with Crippen molar-refractivity contribution < 1.29 is 33.6 Å².